The molecular formula is C21H24N2O4S. The van der Waals surface area contributed by atoms with Gasteiger partial charge in [0.05, 0.1) is 18.8 Å². The van der Waals surface area contributed by atoms with Crippen LogP contribution in [0.25, 0.3) is 0 Å². The second-order valence-electron chi connectivity index (χ2n) is 7.09. The van der Waals surface area contributed by atoms with Crippen LogP contribution in [0.1, 0.15) is 50.4 Å². The average molecular weight is 401 g/mol. The molecule has 0 bridgehead atoms. The van der Waals surface area contributed by atoms with Crippen LogP contribution in [0, 0.1) is 0 Å². The molecule has 2 aromatic rings. The molecule has 0 spiro atoms. The highest BCUT2D eigenvalue weighted by molar-refractivity contribution is 7.17. The first-order valence-corrected chi connectivity index (χ1v) is 10.5. The molecule has 4 rings (SSSR count). The van der Waals surface area contributed by atoms with Crippen LogP contribution in [-0.4, -0.2) is 38.2 Å². The zero-order chi connectivity index (χ0) is 19.5. The maximum absolute atomic E-state index is 12.9. The summed E-state index contributed by atoms with van der Waals surface area (Å²) in [7, 11) is 1.57. The fourth-order valence-corrected chi connectivity index (χ4v) is 5.05. The summed E-state index contributed by atoms with van der Waals surface area (Å²) in [5.74, 6) is 0.249. The molecule has 148 valence electrons. The maximum Gasteiger partial charge on any atom is 0.256 e. The van der Waals surface area contributed by atoms with Gasteiger partial charge in [0.2, 0.25) is 0 Å². The molecule has 1 atom stereocenters. The Labute approximate surface area is 168 Å². The highest BCUT2D eigenvalue weighted by atomic mass is 32.1. The Morgan fingerprint density at radius 1 is 1.25 bits per heavy atom. The third kappa shape index (κ3) is 3.91. The van der Waals surface area contributed by atoms with Gasteiger partial charge in [-0.3, -0.25) is 9.59 Å². The zero-order valence-electron chi connectivity index (χ0n) is 15.9. The smallest absolute Gasteiger partial charge is 0.256 e. The maximum atomic E-state index is 12.9. The van der Waals surface area contributed by atoms with E-state index < -0.39 is 0 Å². The number of methoxy groups -OCH3 is 1. The van der Waals surface area contributed by atoms with Crippen molar-refractivity contribution in [3.05, 3.63) is 45.8 Å². The molecule has 1 aliphatic carbocycles. The van der Waals surface area contributed by atoms with Crippen LogP contribution in [0.15, 0.2) is 24.3 Å². The van der Waals surface area contributed by atoms with E-state index in [1.807, 2.05) is 0 Å². The van der Waals surface area contributed by atoms with Gasteiger partial charge in [0.25, 0.3) is 11.8 Å². The lowest BCUT2D eigenvalue weighted by Crippen LogP contribution is -2.32. The molecule has 1 aromatic carbocycles. The lowest BCUT2D eigenvalue weighted by molar-refractivity contribution is 0.0858. The van der Waals surface area contributed by atoms with E-state index in [1.165, 1.54) is 16.2 Å². The molecule has 2 aliphatic rings. The molecule has 1 saturated heterocycles. The largest absolute Gasteiger partial charge is 0.497 e. The number of thiophene rings is 1. The summed E-state index contributed by atoms with van der Waals surface area (Å²) in [6.07, 6.45) is 4.99. The number of aryl methyl sites for hydroxylation is 1. The molecule has 2 heterocycles. The average Bonchev–Trinajstić information content (AvgIpc) is 3.43. The van der Waals surface area contributed by atoms with E-state index in [2.05, 4.69) is 10.6 Å². The van der Waals surface area contributed by atoms with E-state index in [0.717, 1.165) is 44.3 Å². The number of hydrogen-bond donors (Lipinski definition) is 2. The summed E-state index contributed by atoms with van der Waals surface area (Å²) in [6, 6.07) is 6.99. The van der Waals surface area contributed by atoms with Gasteiger partial charge in [0, 0.05) is 23.6 Å². The number of carbonyl (C=O) groups excluding carboxylic acids is 2. The minimum atomic E-state index is -0.244. The van der Waals surface area contributed by atoms with Crippen molar-refractivity contribution in [3.63, 3.8) is 0 Å². The summed E-state index contributed by atoms with van der Waals surface area (Å²) in [5, 5.41) is 6.58. The minimum Gasteiger partial charge on any atom is -0.497 e. The van der Waals surface area contributed by atoms with E-state index in [0.29, 0.717) is 28.4 Å². The summed E-state index contributed by atoms with van der Waals surface area (Å²) >= 11 is 1.51. The fourth-order valence-electron chi connectivity index (χ4n) is 3.77. The molecule has 2 amide bonds. The molecule has 0 radical (unpaired) electrons. The Bertz CT molecular complexity index is 887. The van der Waals surface area contributed by atoms with E-state index in [9.17, 15) is 9.59 Å². The normalized spacial score (nSPS) is 18.0. The second-order valence-corrected chi connectivity index (χ2v) is 8.20. The number of ether oxygens (including phenoxy) is 2. The van der Waals surface area contributed by atoms with E-state index in [-0.39, 0.29) is 17.9 Å². The van der Waals surface area contributed by atoms with Gasteiger partial charge >= 0.3 is 0 Å². The molecular weight excluding hydrogens is 376 g/mol. The summed E-state index contributed by atoms with van der Waals surface area (Å²) < 4.78 is 10.8. The first kappa shape index (κ1) is 19.0. The molecule has 1 fully saturated rings. The molecule has 7 heteroatoms. The lowest BCUT2D eigenvalue weighted by Gasteiger charge is -2.13. The van der Waals surface area contributed by atoms with Crippen molar-refractivity contribution < 1.29 is 19.1 Å². The van der Waals surface area contributed by atoms with Crippen molar-refractivity contribution in [3.8, 4) is 5.75 Å². The van der Waals surface area contributed by atoms with E-state index in [4.69, 9.17) is 9.47 Å². The number of nitrogens with one attached hydrogen (secondary N) is 2. The topological polar surface area (TPSA) is 76.7 Å². The fraction of sp³-hybridized carbons (Fsp3) is 0.429. The van der Waals surface area contributed by atoms with Gasteiger partial charge in [-0.2, -0.15) is 0 Å². The van der Waals surface area contributed by atoms with Crippen LogP contribution in [0.4, 0.5) is 5.00 Å². The molecule has 6 nitrogen and oxygen atoms in total. The molecule has 0 unspecified atom stereocenters. The monoisotopic (exact) mass is 400 g/mol. The first-order valence-electron chi connectivity index (χ1n) is 9.65. The van der Waals surface area contributed by atoms with Gasteiger partial charge in [-0.1, -0.05) is 6.07 Å². The number of hydrogen-bond acceptors (Lipinski definition) is 5. The van der Waals surface area contributed by atoms with Gasteiger partial charge < -0.3 is 20.1 Å². The third-order valence-corrected chi connectivity index (χ3v) is 6.43. The number of carbonyl (C=O) groups is 2. The molecule has 1 aromatic heterocycles. The van der Waals surface area contributed by atoms with Crippen molar-refractivity contribution in [1.29, 1.82) is 0 Å². The minimum absolute atomic E-state index is 0.0884. The van der Waals surface area contributed by atoms with Crippen molar-refractivity contribution in [2.24, 2.45) is 0 Å². The zero-order valence-corrected chi connectivity index (χ0v) is 16.7. The predicted octanol–water partition coefficient (Wildman–Crippen LogP) is 3.41. The van der Waals surface area contributed by atoms with Crippen LogP contribution in [0.5, 0.6) is 5.75 Å². The molecule has 0 saturated carbocycles. The van der Waals surface area contributed by atoms with Crippen molar-refractivity contribution in [2.75, 3.05) is 25.6 Å². The first-order chi connectivity index (χ1) is 13.7. The molecule has 2 N–H and O–H groups in total. The number of amides is 2. The van der Waals surface area contributed by atoms with E-state index in [1.54, 1.807) is 31.4 Å². The quantitative estimate of drug-likeness (QED) is 0.779. The number of fused-ring (bicyclic) bond motifs is 1. The molecule has 1 aliphatic heterocycles. The van der Waals surface area contributed by atoms with Crippen LogP contribution >= 0.6 is 11.3 Å². The predicted molar refractivity (Wildman–Crippen MR) is 109 cm³/mol. The third-order valence-electron chi connectivity index (χ3n) is 5.22. The second kappa shape index (κ2) is 8.32. The number of rotatable bonds is 6. The number of benzene rings is 1. The van der Waals surface area contributed by atoms with Gasteiger partial charge in [-0.25, -0.2) is 0 Å². The van der Waals surface area contributed by atoms with Crippen LogP contribution in [0.3, 0.4) is 0 Å². The Kier molecular flexibility index (Phi) is 5.64. The van der Waals surface area contributed by atoms with Gasteiger partial charge in [0.1, 0.15) is 10.8 Å². The van der Waals surface area contributed by atoms with Crippen LogP contribution < -0.4 is 15.4 Å². The van der Waals surface area contributed by atoms with Gasteiger partial charge in [-0.15, -0.1) is 11.3 Å². The van der Waals surface area contributed by atoms with Gasteiger partial charge in [0.15, 0.2) is 0 Å². The summed E-state index contributed by atoms with van der Waals surface area (Å²) in [4.78, 5) is 26.9. The standard InChI is InChI=1S/C21H24N2O4S/c1-26-14-6-2-5-13(11-14)19(24)23-21-18(16-8-3-9-17(16)28-21)20(25)22-12-15-7-4-10-27-15/h2,5-6,11,15H,3-4,7-10,12H2,1H3,(H,22,25)(H,23,24)/t15-/m1/s1. The SMILES string of the molecule is COc1cccc(C(=O)Nc2sc3c(c2C(=O)NC[C@H]2CCCO2)CCC3)c1. The van der Waals surface area contributed by atoms with Crippen molar-refractivity contribution in [1.82, 2.24) is 5.32 Å². The van der Waals surface area contributed by atoms with Crippen LogP contribution in [-0.2, 0) is 17.6 Å². The summed E-state index contributed by atoms with van der Waals surface area (Å²) in [5.41, 5.74) is 2.20. The van der Waals surface area contributed by atoms with E-state index >= 15 is 0 Å². The number of anilines is 1. The van der Waals surface area contributed by atoms with Crippen molar-refractivity contribution >= 4 is 28.2 Å². The summed E-state index contributed by atoms with van der Waals surface area (Å²) in [6.45, 7) is 1.27. The Morgan fingerprint density at radius 3 is 2.93 bits per heavy atom. The molecule has 28 heavy (non-hydrogen) atoms. The lowest BCUT2D eigenvalue weighted by atomic mass is 10.1. The Balaban J connectivity index is 1.53. The highest BCUT2D eigenvalue weighted by Gasteiger charge is 2.28. The highest BCUT2D eigenvalue weighted by Crippen LogP contribution is 2.39. The van der Waals surface area contributed by atoms with Crippen LogP contribution in [0.2, 0.25) is 0 Å². The van der Waals surface area contributed by atoms with Gasteiger partial charge in [-0.05, 0) is 55.9 Å². The van der Waals surface area contributed by atoms with Crippen molar-refractivity contribution in [2.45, 2.75) is 38.2 Å². The Hall–Kier alpha value is -2.38. The Morgan fingerprint density at radius 2 is 2.14 bits per heavy atom.